The van der Waals surface area contributed by atoms with E-state index in [1.54, 1.807) is 17.0 Å². The molecule has 6 nitrogen and oxygen atoms in total. The molecule has 0 spiro atoms. The normalized spacial score (nSPS) is 19.3. The molecular weight excluding hydrogens is 388 g/mol. The highest BCUT2D eigenvalue weighted by atomic mass is 16.2. The van der Waals surface area contributed by atoms with Crippen molar-refractivity contribution in [3.63, 3.8) is 0 Å². The van der Waals surface area contributed by atoms with Crippen molar-refractivity contribution >= 4 is 17.5 Å². The fourth-order valence-corrected chi connectivity index (χ4v) is 4.53. The zero-order valence-electron chi connectivity index (χ0n) is 18.3. The molecule has 0 aliphatic carbocycles. The van der Waals surface area contributed by atoms with Gasteiger partial charge in [-0.15, -0.1) is 0 Å². The van der Waals surface area contributed by atoms with Crippen LogP contribution in [-0.4, -0.2) is 73.5 Å². The average molecular weight is 421 g/mol. The van der Waals surface area contributed by atoms with E-state index in [0.29, 0.717) is 18.5 Å². The number of carbonyl (C=O) groups is 2. The molecule has 1 atom stereocenters. The van der Waals surface area contributed by atoms with Gasteiger partial charge in [-0.2, -0.15) is 0 Å². The van der Waals surface area contributed by atoms with E-state index in [2.05, 4.69) is 22.0 Å². The predicted octanol–water partition coefficient (Wildman–Crippen LogP) is 2.40. The van der Waals surface area contributed by atoms with Crippen molar-refractivity contribution in [3.8, 4) is 0 Å². The number of benzene rings is 2. The number of anilines is 1. The van der Waals surface area contributed by atoms with Crippen LogP contribution in [0.1, 0.15) is 29.3 Å². The summed E-state index contributed by atoms with van der Waals surface area (Å²) >= 11 is 0. The molecule has 6 heteroatoms. The number of nitrogens with zero attached hydrogens (tertiary/aromatic N) is 3. The van der Waals surface area contributed by atoms with Crippen LogP contribution in [0.3, 0.4) is 0 Å². The maximum absolute atomic E-state index is 13.2. The van der Waals surface area contributed by atoms with E-state index in [0.717, 1.165) is 56.9 Å². The number of para-hydroxylation sites is 1. The maximum atomic E-state index is 13.2. The lowest BCUT2D eigenvalue weighted by Gasteiger charge is -2.34. The molecule has 31 heavy (non-hydrogen) atoms. The van der Waals surface area contributed by atoms with E-state index in [4.69, 9.17) is 0 Å². The quantitative estimate of drug-likeness (QED) is 0.699. The van der Waals surface area contributed by atoms with Crippen molar-refractivity contribution in [1.29, 1.82) is 0 Å². The molecule has 2 aromatic carbocycles. The maximum Gasteiger partial charge on any atom is 0.259 e. The lowest BCUT2D eigenvalue weighted by atomic mass is 10.1. The minimum atomic E-state index is -0.502. The Morgan fingerprint density at radius 1 is 0.935 bits per heavy atom. The van der Waals surface area contributed by atoms with Gasteiger partial charge in [0.25, 0.3) is 5.91 Å². The highest BCUT2D eigenvalue weighted by Crippen LogP contribution is 2.33. The molecular formula is C25H32N4O2. The Kier molecular flexibility index (Phi) is 6.99. The van der Waals surface area contributed by atoms with Gasteiger partial charge >= 0.3 is 0 Å². The molecule has 0 unspecified atom stereocenters. The van der Waals surface area contributed by atoms with E-state index in [-0.39, 0.29) is 11.8 Å². The molecule has 2 aromatic rings. The third-order valence-electron chi connectivity index (χ3n) is 6.38. The van der Waals surface area contributed by atoms with E-state index >= 15 is 0 Å². The number of piperazine rings is 1. The summed E-state index contributed by atoms with van der Waals surface area (Å²) in [6.45, 7) is 9.39. The highest BCUT2D eigenvalue weighted by molar-refractivity contribution is 6.11. The Labute approximate surface area is 184 Å². The summed E-state index contributed by atoms with van der Waals surface area (Å²) in [5.41, 5.74) is 2.48. The number of fused-ring (bicyclic) bond motifs is 1. The third kappa shape index (κ3) is 4.97. The minimum Gasteiger partial charge on any atom is -0.354 e. The predicted molar refractivity (Wildman–Crippen MR) is 123 cm³/mol. The molecule has 2 heterocycles. The summed E-state index contributed by atoms with van der Waals surface area (Å²) in [5.74, 6) is -0.198. The van der Waals surface area contributed by atoms with E-state index in [1.807, 2.05) is 42.5 Å². The number of amides is 2. The van der Waals surface area contributed by atoms with Crippen LogP contribution in [0.4, 0.5) is 5.69 Å². The van der Waals surface area contributed by atoms with Crippen LogP contribution in [0.25, 0.3) is 0 Å². The van der Waals surface area contributed by atoms with Gasteiger partial charge in [0.2, 0.25) is 5.91 Å². The van der Waals surface area contributed by atoms with Gasteiger partial charge in [0.1, 0.15) is 6.04 Å². The second kappa shape index (κ2) is 10.1. The zero-order chi connectivity index (χ0) is 21.6. The molecule has 1 saturated heterocycles. The largest absolute Gasteiger partial charge is 0.354 e. The first-order valence-electron chi connectivity index (χ1n) is 11.4. The molecule has 2 aliphatic heterocycles. The fourth-order valence-electron chi connectivity index (χ4n) is 4.53. The smallest absolute Gasteiger partial charge is 0.259 e. The van der Waals surface area contributed by atoms with Crippen LogP contribution in [0.15, 0.2) is 54.6 Å². The summed E-state index contributed by atoms with van der Waals surface area (Å²) in [6.07, 6.45) is 1.48. The van der Waals surface area contributed by atoms with E-state index in [9.17, 15) is 9.59 Å². The standard InChI is InChI=1S/C25H32N4O2/c1-2-27-15-17-28(18-16-27)14-8-13-26-24(30)23-19-21-11-6-7-12-22(21)29(23)25(31)20-9-4-3-5-10-20/h3-7,9-12,23H,2,8,13-19H2,1H3,(H,26,30)/t23-/m0/s1. The zero-order valence-corrected chi connectivity index (χ0v) is 18.3. The summed E-state index contributed by atoms with van der Waals surface area (Å²) in [4.78, 5) is 32.9. The molecule has 1 fully saturated rings. The van der Waals surface area contributed by atoms with Gasteiger partial charge in [-0.3, -0.25) is 14.5 Å². The molecule has 0 aromatic heterocycles. The lowest BCUT2D eigenvalue weighted by molar-refractivity contribution is -0.122. The summed E-state index contributed by atoms with van der Waals surface area (Å²) in [6, 6.07) is 16.5. The van der Waals surface area contributed by atoms with Gasteiger partial charge in [-0.25, -0.2) is 0 Å². The Morgan fingerprint density at radius 2 is 1.61 bits per heavy atom. The van der Waals surface area contributed by atoms with Crippen LogP contribution in [0.5, 0.6) is 0 Å². The Morgan fingerprint density at radius 3 is 2.35 bits per heavy atom. The first-order chi connectivity index (χ1) is 15.2. The Bertz CT molecular complexity index is 893. The van der Waals surface area contributed by atoms with Crippen molar-refractivity contribution in [2.45, 2.75) is 25.8 Å². The van der Waals surface area contributed by atoms with Crippen LogP contribution in [0, 0.1) is 0 Å². The van der Waals surface area contributed by atoms with Crippen LogP contribution >= 0.6 is 0 Å². The highest BCUT2D eigenvalue weighted by Gasteiger charge is 2.38. The van der Waals surface area contributed by atoms with Gasteiger partial charge < -0.3 is 15.1 Å². The van der Waals surface area contributed by atoms with Crippen molar-refractivity contribution in [2.75, 3.05) is 50.7 Å². The summed E-state index contributed by atoms with van der Waals surface area (Å²) in [7, 11) is 0. The van der Waals surface area contributed by atoms with Crippen molar-refractivity contribution in [2.24, 2.45) is 0 Å². The Hall–Kier alpha value is -2.70. The van der Waals surface area contributed by atoms with E-state index < -0.39 is 6.04 Å². The average Bonchev–Trinajstić information content (AvgIpc) is 3.22. The molecule has 1 N–H and O–H groups in total. The minimum absolute atomic E-state index is 0.0729. The van der Waals surface area contributed by atoms with Crippen LogP contribution in [0.2, 0.25) is 0 Å². The van der Waals surface area contributed by atoms with E-state index in [1.165, 1.54) is 0 Å². The molecule has 0 radical (unpaired) electrons. The third-order valence-corrected chi connectivity index (χ3v) is 6.38. The molecule has 2 aliphatic rings. The number of hydrogen-bond acceptors (Lipinski definition) is 4. The van der Waals surface area contributed by atoms with Gasteiger partial charge in [-0.05, 0) is 43.3 Å². The molecule has 2 amide bonds. The molecule has 164 valence electrons. The van der Waals surface area contributed by atoms with Crippen molar-refractivity contribution < 1.29 is 9.59 Å². The van der Waals surface area contributed by atoms with Gasteiger partial charge in [0.15, 0.2) is 0 Å². The second-order valence-corrected chi connectivity index (χ2v) is 8.31. The molecule has 4 rings (SSSR count). The second-order valence-electron chi connectivity index (χ2n) is 8.31. The summed E-state index contributed by atoms with van der Waals surface area (Å²) in [5, 5.41) is 3.09. The van der Waals surface area contributed by atoms with Crippen molar-refractivity contribution in [3.05, 3.63) is 65.7 Å². The monoisotopic (exact) mass is 420 g/mol. The Balaban J connectivity index is 1.35. The summed E-state index contributed by atoms with van der Waals surface area (Å²) < 4.78 is 0. The molecule has 0 saturated carbocycles. The van der Waals surface area contributed by atoms with Gasteiger partial charge in [0.05, 0.1) is 0 Å². The lowest BCUT2D eigenvalue weighted by Crippen LogP contribution is -2.49. The first kappa shape index (κ1) is 21.5. The number of nitrogens with one attached hydrogen (secondary N) is 1. The number of hydrogen-bond donors (Lipinski definition) is 1. The number of likely N-dealkylation sites (N-methyl/N-ethyl adjacent to an activating group) is 1. The van der Waals surface area contributed by atoms with Gasteiger partial charge in [0, 0.05) is 50.4 Å². The SMILES string of the molecule is CCN1CCN(CCCNC(=O)[C@@H]2Cc3ccccc3N2C(=O)c2ccccc2)CC1. The van der Waals surface area contributed by atoms with Crippen LogP contribution in [-0.2, 0) is 11.2 Å². The first-order valence-corrected chi connectivity index (χ1v) is 11.4. The fraction of sp³-hybridized carbons (Fsp3) is 0.440. The number of carbonyl (C=O) groups excluding carboxylic acids is 2. The number of rotatable bonds is 7. The van der Waals surface area contributed by atoms with Crippen molar-refractivity contribution in [1.82, 2.24) is 15.1 Å². The topological polar surface area (TPSA) is 55.9 Å². The van der Waals surface area contributed by atoms with Gasteiger partial charge in [-0.1, -0.05) is 43.3 Å². The molecule has 0 bridgehead atoms. The van der Waals surface area contributed by atoms with Crippen LogP contribution < -0.4 is 10.2 Å².